The first kappa shape index (κ1) is 35.7. The van der Waals surface area contributed by atoms with Crippen LogP contribution in [0.4, 0.5) is 23.3 Å². The van der Waals surface area contributed by atoms with Gasteiger partial charge in [0.25, 0.3) is 20.2 Å². The summed E-state index contributed by atoms with van der Waals surface area (Å²) in [6.07, 6.45) is 0. The number of hydrogen-bond donors (Lipinski definition) is 6. The van der Waals surface area contributed by atoms with Crippen LogP contribution in [0.25, 0.3) is 16.7 Å². The summed E-state index contributed by atoms with van der Waals surface area (Å²) in [6, 6.07) is 9.79. The van der Waals surface area contributed by atoms with E-state index in [-0.39, 0.29) is 33.5 Å². The molecule has 5 aromatic rings. The molecule has 260 valence electrons. The molecule has 0 aliphatic rings. The van der Waals surface area contributed by atoms with Crippen LogP contribution in [0.5, 0.6) is 5.75 Å². The van der Waals surface area contributed by atoms with Crippen LogP contribution in [0.3, 0.4) is 0 Å². The van der Waals surface area contributed by atoms with E-state index in [0.29, 0.717) is 0 Å². The zero-order chi connectivity index (χ0) is 35.9. The Morgan fingerprint density at radius 3 is 1.92 bits per heavy atom. The molecule has 2 aromatic heterocycles. The minimum absolute atomic E-state index is 0.0712. The molecule has 6 N–H and O–H groups in total. The average molecular weight is 779 g/mol. The van der Waals surface area contributed by atoms with Crippen molar-refractivity contribution in [3.05, 3.63) is 59.9 Å². The monoisotopic (exact) mass is 778 g/mol. The van der Waals surface area contributed by atoms with Crippen LogP contribution in [0.2, 0.25) is 5.28 Å². The predicted molar refractivity (Wildman–Crippen MR) is 168 cm³/mol. The summed E-state index contributed by atoms with van der Waals surface area (Å²) in [5.74, 6) is -2.05. The lowest BCUT2D eigenvalue weighted by molar-refractivity contribution is 0.284. The van der Waals surface area contributed by atoms with E-state index < -0.39 is 85.0 Å². The molecule has 0 radical (unpaired) electrons. The third kappa shape index (κ3) is 8.71. The second-order valence-electron chi connectivity index (χ2n) is 9.52. The second kappa shape index (κ2) is 13.0. The minimum Gasteiger partial charge on any atom is -0.504 e. The number of phenols is 1. The third-order valence-electron chi connectivity index (χ3n) is 6.13. The topological polar surface area (TPSA) is 320 Å². The summed E-state index contributed by atoms with van der Waals surface area (Å²) >= 11 is 6.03. The highest BCUT2D eigenvalue weighted by Crippen LogP contribution is 2.35. The summed E-state index contributed by atoms with van der Waals surface area (Å²) in [6.45, 7) is -0.822. The molecule has 0 aliphatic carbocycles. The van der Waals surface area contributed by atoms with E-state index in [9.17, 15) is 47.9 Å². The van der Waals surface area contributed by atoms with E-state index in [4.69, 9.17) is 16.2 Å². The number of halogens is 1. The molecule has 0 atom stereocenters. The second-order valence-corrected chi connectivity index (χ2v) is 15.9. The molecule has 0 fully saturated rings. The molecule has 2 heterocycles. The largest absolute Gasteiger partial charge is 0.504 e. The van der Waals surface area contributed by atoms with Gasteiger partial charge in [0.2, 0.25) is 17.2 Å². The van der Waals surface area contributed by atoms with E-state index in [1.165, 1.54) is 30.3 Å². The lowest BCUT2D eigenvalue weighted by Crippen LogP contribution is -2.15. The summed E-state index contributed by atoms with van der Waals surface area (Å²) in [4.78, 5) is 11.1. The van der Waals surface area contributed by atoms with Crippen molar-refractivity contribution in [2.75, 3.05) is 23.0 Å². The van der Waals surface area contributed by atoms with Crippen molar-refractivity contribution in [1.82, 2.24) is 29.9 Å². The molecule has 3 aromatic carbocycles. The Morgan fingerprint density at radius 2 is 1.31 bits per heavy atom. The van der Waals surface area contributed by atoms with Gasteiger partial charge in [0, 0.05) is 5.69 Å². The number of nitrogens with zero attached hydrogens (tertiary/aromatic N) is 6. The van der Waals surface area contributed by atoms with Crippen LogP contribution in [-0.2, 0) is 44.7 Å². The van der Waals surface area contributed by atoms with Crippen molar-refractivity contribution in [3.8, 4) is 11.4 Å². The fraction of sp³-hybridized carbons (Fsp3) is 0.0870. The Hall–Kier alpha value is -4.60. The molecule has 26 heteroatoms. The number of aromatic hydroxyl groups is 1. The van der Waals surface area contributed by atoms with Gasteiger partial charge in [0.05, 0.1) is 32.7 Å². The van der Waals surface area contributed by atoms with Crippen LogP contribution >= 0.6 is 11.6 Å². The van der Waals surface area contributed by atoms with Gasteiger partial charge in [-0.2, -0.15) is 40.2 Å². The predicted octanol–water partition coefficient (Wildman–Crippen LogP) is 1.54. The Balaban J connectivity index is 1.43. The van der Waals surface area contributed by atoms with Gasteiger partial charge in [-0.3, -0.25) is 13.7 Å². The van der Waals surface area contributed by atoms with Gasteiger partial charge >= 0.3 is 10.4 Å². The lowest BCUT2D eigenvalue weighted by atomic mass is 10.2. The molecule has 0 saturated heterocycles. The van der Waals surface area contributed by atoms with E-state index >= 15 is 0 Å². The molecule has 0 saturated carbocycles. The van der Waals surface area contributed by atoms with Crippen LogP contribution in [0, 0.1) is 0 Å². The lowest BCUT2D eigenvalue weighted by Gasteiger charge is -2.13. The number of fused-ring (bicyclic) bond motifs is 1. The molecular weight excluding hydrogens is 760 g/mol. The van der Waals surface area contributed by atoms with Crippen molar-refractivity contribution in [3.63, 3.8) is 0 Å². The molecule has 0 aliphatic heterocycles. The van der Waals surface area contributed by atoms with Gasteiger partial charge < -0.3 is 15.7 Å². The number of nitrogens with one attached hydrogen (secondary N) is 2. The standard InChI is InChI=1S/C23H19ClN8O13S4/c24-21-27-22(25-12-1-3-13(4-2-12)46(34,35)8-7-45-49(42,43)44)29-23(28-21)26-18-10-15(48(39,40)41)11-19(20(18)33)32-30-16-6-5-14(47(36,37)38)9-17(16)31-32/h1-6,9-11,33H,7-8H2,(H,36,37,38)(H,39,40,41)(H,42,43,44)(H2,25,26,27,28,29). The third-order valence-corrected chi connectivity index (χ3v) is 10.1. The molecule has 0 spiro atoms. The summed E-state index contributed by atoms with van der Waals surface area (Å²) < 4.78 is 125. The number of anilines is 4. The van der Waals surface area contributed by atoms with Crippen molar-refractivity contribution < 1.29 is 56.6 Å². The summed E-state index contributed by atoms with van der Waals surface area (Å²) in [5, 5.41) is 24.0. The van der Waals surface area contributed by atoms with Gasteiger partial charge in [-0.1, -0.05) is 0 Å². The Kier molecular flexibility index (Phi) is 9.49. The highest BCUT2D eigenvalue weighted by molar-refractivity contribution is 7.91. The summed E-state index contributed by atoms with van der Waals surface area (Å²) in [5.41, 5.74) is -0.589. The number of benzene rings is 3. The Bertz CT molecular complexity index is 2550. The van der Waals surface area contributed by atoms with E-state index in [2.05, 4.69) is 40.0 Å². The van der Waals surface area contributed by atoms with Gasteiger partial charge in [0.1, 0.15) is 16.7 Å². The fourth-order valence-electron chi connectivity index (χ4n) is 3.98. The average Bonchev–Trinajstić information content (AvgIpc) is 3.40. The smallest absolute Gasteiger partial charge is 0.397 e. The Labute approximate surface area is 280 Å². The van der Waals surface area contributed by atoms with E-state index in [1.54, 1.807) is 0 Å². The number of rotatable bonds is 12. The highest BCUT2D eigenvalue weighted by atomic mass is 35.5. The number of hydrogen-bond acceptors (Lipinski definition) is 17. The van der Waals surface area contributed by atoms with Crippen LogP contribution < -0.4 is 10.6 Å². The first-order valence-corrected chi connectivity index (χ1v) is 19.1. The zero-order valence-electron chi connectivity index (χ0n) is 23.8. The molecular formula is C23H19ClN8O13S4. The van der Waals surface area contributed by atoms with Crippen molar-refractivity contribution in [2.45, 2.75) is 14.7 Å². The number of sulfone groups is 1. The van der Waals surface area contributed by atoms with Gasteiger partial charge in [-0.15, -0.1) is 15.0 Å². The van der Waals surface area contributed by atoms with Gasteiger partial charge in [0.15, 0.2) is 15.6 Å². The zero-order valence-corrected chi connectivity index (χ0v) is 27.8. The van der Waals surface area contributed by atoms with E-state index in [0.717, 1.165) is 29.1 Å². The first-order valence-electron chi connectivity index (χ1n) is 12.8. The minimum atomic E-state index is -4.92. The summed E-state index contributed by atoms with van der Waals surface area (Å²) in [7, 11) is -18.4. The maximum atomic E-state index is 12.4. The molecule has 0 bridgehead atoms. The molecule has 21 nitrogen and oxygen atoms in total. The van der Waals surface area contributed by atoms with Crippen LogP contribution in [0.1, 0.15) is 0 Å². The highest BCUT2D eigenvalue weighted by Gasteiger charge is 2.22. The fourth-order valence-corrected chi connectivity index (χ4v) is 6.65. The number of aromatic nitrogens is 6. The van der Waals surface area contributed by atoms with Crippen molar-refractivity contribution in [2.24, 2.45) is 0 Å². The maximum Gasteiger partial charge on any atom is 0.397 e. The molecule has 0 unspecified atom stereocenters. The molecule has 49 heavy (non-hydrogen) atoms. The quantitative estimate of drug-likeness (QED) is 0.0772. The maximum absolute atomic E-state index is 12.4. The first-order chi connectivity index (χ1) is 22.7. The van der Waals surface area contributed by atoms with E-state index in [1.807, 2.05) is 0 Å². The molecule has 0 amide bonds. The molecule has 5 rings (SSSR count). The van der Waals surface area contributed by atoms with Gasteiger partial charge in [-0.05, 0) is 66.2 Å². The van der Waals surface area contributed by atoms with Crippen LogP contribution in [0.15, 0.2) is 69.3 Å². The van der Waals surface area contributed by atoms with Crippen molar-refractivity contribution in [1.29, 1.82) is 0 Å². The van der Waals surface area contributed by atoms with Gasteiger partial charge in [-0.25, -0.2) is 12.6 Å². The van der Waals surface area contributed by atoms with Crippen molar-refractivity contribution >= 4 is 86.4 Å². The SMILES string of the molecule is O=S(=O)(O)OCCS(=O)(=O)c1ccc(Nc2nc(Cl)nc(Nc3cc(S(=O)(=O)O)cc(-n4nc5ccc(S(=O)(=O)O)cc5n4)c3O)n2)cc1. The normalized spacial score (nSPS) is 12.7. The number of phenolic OH excluding ortho intramolecular Hbond substituents is 1. The Morgan fingerprint density at radius 1 is 0.714 bits per heavy atom. The van der Waals surface area contributed by atoms with Crippen LogP contribution in [-0.4, -0.2) is 94.7 Å².